The molecule has 0 atom stereocenters. The minimum Gasteiger partial charge on any atom is -0.497 e. The van der Waals surface area contributed by atoms with Gasteiger partial charge in [-0.3, -0.25) is 0 Å². The van der Waals surface area contributed by atoms with Gasteiger partial charge in [0.1, 0.15) is 5.75 Å². The molecule has 4 heteroatoms. The monoisotopic (exact) mass is 387 g/mol. The fourth-order valence-corrected chi connectivity index (χ4v) is 3.82. The van der Waals surface area contributed by atoms with E-state index in [1.165, 1.54) is 22.0 Å². The summed E-state index contributed by atoms with van der Waals surface area (Å²) >= 11 is 0. The highest BCUT2D eigenvalue weighted by atomic mass is 16.5. The van der Waals surface area contributed by atoms with Crippen LogP contribution >= 0.6 is 0 Å². The van der Waals surface area contributed by atoms with Crippen LogP contribution in [0.25, 0.3) is 21.5 Å². The molecule has 148 valence electrons. The van der Waals surface area contributed by atoms with Gasteiger partial charge in [-0.25, -0.2) is 0 Å². The molecular weight excluding hydrogens is 362 g/mol. The molecule has 0 heterocycles. The highest BCUT2D eigenvalue weighted by Gasteiger charge is 2.14. The van der Waals surface area contributed by atoms with Crippen LogP contribution in [0.15, 0.2) is 66.7 Å². The van der Waals surface area contributed by atoms with Crippen LogP contribution in [0.2, 0.25) is 0 Å². The highest BCUT2D eigenvalue weighted by Crippen LogP contribution is 2.39. The third kappa shape index (κ3) is 3.54. The van der Waals surface area contributed by atoms with Crippen molar-refractivity contribution in [2.45, 2.75) is 6.54 Å². The van der Waals surface area contributed by atoms with E-state index in [9.17, 15) is 0 Å². The molecule has 0 aliphatic rings. The molecular formula is C25H25NO3. The molecule has 4 aromatic rings. The van der Waals surface area contributed by atoms with E-state index >= 15 is 0 Å². The van der Waals surface area contributed by atoms with E-state index in [1.54, 1.807) is 21.3 Å². The van der Waals surface area contributed by atoms with E-state index in [0.717, 1.165) is 34.6 Å². The largest absolute Gasteiger partial charge is 0.497 e. The second-order valence-electron chi connectivity index (χ2n) is 7.07. The Morgan fingerprint density at radius 2 is 1.34 bits per heavy atom. The highest BCUT2D eigenvalue weighted by molar-refractivity contribution is 6.13. The maximum Gasteiger partial charge on any atom is 0.161 e. The molecule has 0 unspecified atom stereocenters. The third-order valence-corrected chi connectivity index (χ3v) is 5.33. The normalized spacial score (nSPS) is 10.9. The number of methoxy groups -OCH3 is 3. The Morgan fingerprint density at radius 1 is 0.690 bits per heavy atom. The van der Waals surface area contributed by atoms with Crippen LogP contribution in [0.5, 0.6) is 17.2 Å². The van der Waals surface area contributed by atoms with Crippen molar-refractivity contribution in [1.29, 1.82) is 0 Å². The molecule has 0 bridgehead atoms. The lowest BCUT2D eigenvalue weighted by molar-refractivity contribution is 0.356. The summed E-state index contributed by atoms with van der Waals surface area (Å²) in [7, 11) is 7.15. The Hall–Kier alpha value is -3.40. The van der Waals surface area contributed by atoms with Gasteiger partial charge in [-0.15, -0.1) is 0 Å². The number of fused-ring (bicyclic) bond motifs is 3. The van der Waals surface area contributed by atoms with Crippen LogP contribution in [-0.2, 0) is 6.54 Å². The first kappa shape index (κ1) is 18.9. The molecule has 4 rings (SSSR count). The second-order valence-corrected chi connectivity index (χ2v) is 7.07. The number of rotatable bonds is 6. The fourth-order valence-electron chi connectivity index (χ4n) is 3.82. The van der Waals surface area contributed by atoms with Gasteiger partial charge in [0.15, 0.2) is 11.5 Å². The van der Waals surface area contributed by atoms with Crippen molar-refractivity contribution in [3.8, 4) is 17.2 Å². The summed E-state index contributed by atoms with van der Waals surface area (Å²) in [6, 6.07) is 23.0. The van der Waals surface area contributed by atoms with E-state index in [4.69, 9.17) is 14.2 Å². The lowest BCUT2D eigenvalue weighted by Gasteiger charge is -2.23. The number of anilines is 1. The van der Waals surface area contributed by atoms with Crippen LogP contribution in [0.1, 0.15) is 5.56 Å². The van der Waals surface area contributed by atoms with Crippen LogP contribution in [0.4, 0.5) is 5.69 Å². The molecule has 0 amide bonds. The van der Waals surface area contributed by atoms with Gasteiger partial charge in [0.25, 0.3) is 0 Å². The molecule has 0 N–H and O–H groups in total. The summed E-state index contributed by atoms with van der Waals surface area (Å²) in [5, 5.41) is 4.68. The molecule has 4 nitrogen and oxygen atoms in total. The molecule has 0 spiro atoms. The lowest BCUT2D eigenvalue weighted by Crippen LogP contribution is -2.16. The first-order chi connectivity index (χ1) is 14.1. The molecule has 0 aromatic heterocycles. The molecule has 0 aliphatic carbocycles. The summed E-state index contributed by atoms with van der Waals surface area (Å²) in [6.07, 6.45) is 0. The zero-order valence-corrected chi connectivity index (χ0v) is 17.2. The Labute approximate surface area is 171 Å². The minimum atomic E-state index is 0.735. The maximum atomic E-state index is 5.52. The van der Waals surface area contributed by atoms with Crippen molar-refractivity contribution in [2.75, 3.05) is 33.3 Å². The van der Waals surface area contributed by atoms with Crippen LogP contribution in [-0.4, -0.2) is 28.4 Å². The fraction of sp³-hybridized carbons (Fsp3) is 0.200. The van der Waals surface area contributed by atoms with E-state index in [-0.39, 0.29) is 0 Å². The summed E-state index contributed by atoms with van der Waals surface area (Å²) in [5.41, 5.74) is 2.40. The van der Waals surface area contributed by atoms with Gasteiger partial charge in [0.05, 0.1) is 21.3 Å². The Kier molecular flexibility index (Phi) is 5.17. The van der Waals surface area contributed by atoms with Crippen LogP contribution in [0.3, 0.4) is 0 Å². The van der Waals surface area contributed by atoms with Gasteiger partial charge in [-0.2, -0.15) is 0 Å². The maximum absolute atomic E-state index is 5.52. The average Bonchev–Trinajstić information content (AvgIpc) is 2.78. The van der Waals surface area contributed by atoms with E-state index in [1.807, 2.05) is 18.2 Å². The zero-order valence-electron chi connectivity index (χ0n) is 17.2. The predicted molar refractivity (Wildman–Crippen MR) is 120 cm³/mol. The van der Waals surface area contributed by atoms with Gasteiger partial charge in [-0.05, 0) is 52.1 Å². The molecule has 0 aliphatic heterocycles. The zero-order chi connectivity index (χ0) is 20.4. The Bertz CT molecular complexity index is 1150. The van der Waals surface area contributed by atoms with Crippen LogP contribution < -0.4 is 19.1 Å². The van der Waals surface area contributed by atoms with Crippen molar-refractivity contribution in [1.82, 2.24) is 0 Å². The molecule has 0 fully saturated rings. The van der Waals surface area contributed by atoms with Gasteiger partial charge < -0.3 is 19.1 Å². The van der Waals surface area contributed by atoms with Crippen molar-refractivity contribution in [3.05, 3.63) is 72.3 Å². The molecule has 0 radical (unpaired) electrons. The molecule has 0 saturated carbocycles. The SMILES string of the molecule is COc1ccc(CN(C)c2cc3cc(OC)c(OC)cc3c3ccccc23)cc1. The van der Waals surface area contributed by atoms with Crippen molar-refractivity contribution < 1.29 is 14.2 Å². The lowest BCUT2D eigenvalue weighted by atomic mass is 9.99. The van der Waals surface area contributed by atoms with Gasteiger partial charge >= 0.3 is 0 Å². The Balaban J connectivity index is 1.83. The number of nitrogens with zero attached hydrogens (tertiary/aromatic N) is 1. The molecule has 4 aromatic carbocycles. The van der Waals surface area contributed by atoms with E-state index in [2.05, 4.69) is 60.5 Å². The average molecular weight is 387 g/mol. The second kappa shape index (κ2) is 7.92. The summed E-state index contributed by atoms with van der Waals surface area (Å²) < 4.78 is 16.3. The number of benzene rings is 4. The number of hydrogen-bond donors (Lipinski definition) is 0. The van der Waals surface area contributed by atoms with Gasteiger partial charge in [0, 0.05) is 24.7 Å². The van der Waals surface area contributed by atoms with Gasteiger partial charge in [0.2, 0.25) is 0 Å². The van der Waals surface area contributed by atoms with Crippen LogP contribution in [0, 0.1) is 0 Å². The number of hydrogen-bond acceptors (Lipinski definition) is 4. The quantitative estimate of drug-likeness (QED) is 0.400. The molecule has 29 heavy (non-hydrogen) atoms. The van der Waals surface area contributed by atoms with Gasteiger partial charge in [-0.1, -0.05) is 36.4 Å². The minimum absolute atomic E-state index is 0.735. The van der Waals surface area contributed by atoms with Crippen molar-refractivity contribution >= 4 is 27.2 Å². The topological polar surface area (TPSA) is 30.9 Å². The first-order valence-corrected chi connectivity index (χ1v) is 9.56. The Morgan fingerprint density at radius 3 is 2.00 bits per heavy atom. The summed E-state index contributed by atoms with van der Waals surface area (Å²) in [5.74, 6) is 2.34. The number of ether oxygens (including phenoxy) is 3. The summed E-state index contributed by atoms with van der Waals surface area (Å²) in [4.78, 5) is 2.28. The van der Waals surface area contributed by atoms with E-state index in [0.29, 0.717) is 0 Å². The molecule has 0 saturated heterocycles. The smallest absolute Gasteiger partial charge is 0.161 e. The predicted octanol–water partition coefficient (Wildman–Crippen LogP) is 5.66. The first-order valence-electron chi connectivity index (χ1n) is 9.56. The van der Waals surface area contributed by atoms with Crippen molar-refractivity contribution in [2.24, 2.45) is 0 Å². The van der Waals surface area contributed by atoms with Crippen molar-refractivity contribution in [3.63, 3.8) is 0 Å². The standard InChI is InChI=1S/C25H25NO3/c1-26(16-17-9-11-19(27-2)12-10-17)23-13-18-14-24(28-3)25(29-4)15-22(18)20-7-5-6-8-21(20)23/h5-15H,16H2,1-4H3. The van der Waals surface area contributed by atoms with E-state index < -0.39 is 0 Å². The summed E-state index contributed by atoms with van der Waals surface area (Å²) in [6.45, 7) is 0.798. The third-order valence-electron chi connectivity index (χ3n) is 5.33.